The summed E-state index contributed by atoms with van der Waals surface area (Å²) in [7, 11) is 0. The molecular weight excluding hydrogens is 232 g/mol. The van der Waals surface area contributed by atoms with Crippen molar-refractivity contribution in [3.05, 3.63) is 34.8 Å². The van der Waals surface area contributed by atoms with E-state index >= 15 is 0 Å². The van der Waals surface area contributed by atoms with Crippen LogP contribution in [0.2, 0.25) is 0 Å². The van der Waals surface area contributed by atoms with E-state index in [1.165, 1.54) is 9.88 Å². The molecule has 0 aliphatic heterocycles. The summed E-state index contributed by atoms with van der Waals surface area (Å²) in [5, 5.41) is 4.66. The van der Waals surface area contributed by atoms with E-state index in [4.69, 9.17) is 0 Å². The number of hydrogen-bond donors (Lipinski definition) is 1. The van der Waals surface area contributed by atoms with Crippen LogP contribution in [-0.2, 0) is 6.54 Å². The molecule has 0 bridgehead atoms. The van der Waals surface area contributed by atoms with Crippen LogP contribution in [0.1, 0.15) is 29.3 Å². The summed E-state index contributed by atoms with van der Waals surface area (Å²) in [6, 6.07) is 0.344. The average Bonchev–Trinajstić information content (AvgIpc) is 2.95. The molecule has 92 valence electrons. The number of thiazole rings is 1. The van der Waals surface area contributed by atoms with Gasteiger partial charge >= 0.3 is 0 Å². The monoisotopic (exact) mass is 250 g/mol. The number of nitrogens with zero attached hydrogens (tertiary/aromatic N) is 3. The first-order chi connectivity index (χ1) is 8.25. The molecular formula is C12H18N4S. The zero-order valence-corrected chi connectivity index (χ0v) is 11.1. The Balaban J connectivity index is 1.68. The van der Waals surface area contributed by atoms with Crippen LogP contribution < -0.4 is 5.32 Å². The molecule has 0 saturated carbocycles. The molecule has 1 N–H and O–H groups in total. The Morgan fingerprint density at radius 1 is 1.53 bits per heavy atom. The van der Waals surface area contributed by atoms with Crippen molar-refractivity contribution in [2.75, 3.05) is 6.54 Å². The van der Waals surface area contributed by atoms with E-state index in [9.17, 15) is 0 Å². The van der Waals surface area contributed by atoms with Crippen LogP contribution in [0.3, 0.4) is 0 Å². The van der Waals surface area contributed by atoms with Crippen LogP contribution in [0, 0.1) is 6.92 Å². The molecule has 17 heavy (non-hydrogen) atoms. The number of hydrogen-bond acceptors (Lipinski definition) is 4. The van der Waals surface area contributed by atoms with Crippen LogP contribution in [-0.4, -0.2) is 21.1 Å². The maximum Gasteiger partial charge on any atom is 0.109 e. The highest BCUT2D eigenvalue weighted by molar-refractivity contribution is 7.11. The van der Waals surface area contributed by atoms with Crippen molar-refractivity contribution >= 4 is 11.3 Å². The van der Waals surface area contributed by atoms with E-state index in [-0.39, 0.29) is 0 Å². The van der Waals surface area contributed by atoms with Crippen molar-refractivity contribution in [2.45, 2.75) is 32.9 Å². The Morgan fingerprint density at radius 2 is 2.41 bits per heavy atom. The lowest BCUT2D eigenvalue weighted by Gasteiger charge is -2.10. The molecule has 2 aromatic heterocycles. The SMILES string of the molecule is Cc1cnc(C(C)NCCCn2ccnc2)s1. The summed E-state index contributed by atoms with van der Waals surface area (Å²) in [5.74, 6) is 0. The third-order valence-electron chi connectivity index (χ3n) is 2.61. The van der Waals surface area contributed by atoms with Crippen molar-refractivity contribution in [1.82, 2.24) is 19.9 Å². The molecule has 4 nitrogen and oxygen atoms in total. The minimum atomic E-state index is 0.344. The molecule has 0 aromatic carbocycles. The van der Waals surface area contributed by atoms with Crippen molar-refractivity contribution in [2.24, 2.45) is 0 Å². The molecule has 5 heteroatoms. The topological polar surface area (TPSA) is 42.7 Å². The Bertz CT molecular complexity index is 435. The first kappa shape index (κ1) is 12.3. The first-order valence-electron chi connectivity index (χ1n) is 5.87. The number of imidazole rings is 1. The van der Waals surface area contributed by atoms with Crippen molar-refractivity contribution in [3.63, 3.8) is 0 Å². The predicted molar refractivity (Wildman–Crippen MR) is 70.1 cm³/mol. The van der Waals surface area contributed by atoms with Crippen LogP contribution in [0.4, 0.5) is 0 Å². The summed E-state index contributed by atoms with van der Waals surface area (Å²) in [6.45, 7) is 6.26. The molecule has 1 atom stereocenters. The Hall–Kier alpha value is -1.20. The van der Waals surface area contributed by atoms with Gasteiger partial charge < -0.3 is 9.88 Å². The molecule has 0 aliphatic carbocycles. The molecule has 0 radical (unpaired) electrons. The highest BCUT2D eigenvalue weighted by Gasteiger charge is 2.07. The van der Waals surface area contributed by atoms with Gasteiger partial charge in [-0.15, -0.1) is 11.3 Å². The molecule has 0 saturated heterocycles. The van der Waals surface area contributed by atoms with Gasteiger partial charge in [0.1, 0.15) is 5.01 Å². The number of aryl methyl sites for hydroxylation is 2. The van der Waals surface area contributed by atoms with E-state index in [2.05, 4.69) is 33.7 Å². The van der Waals surface area contributed by atoms with Gasteiger partial charge in [0.05, 0.1) is 12.4 Å². The second-order valence-electron chi connectivity index (χ2n) is 4.14. The summed E-state index contributed by atoms with van der Waals surface area (Å²) in [6.07, 6.45) is 8.70. The smallest absolute Gasteiger partial charge is 0.109 e. The second-order valence-corrected chi connectivity index (χ2v) is 5.41. The largest absolute Gasteiger partial charge is 0.337 e. The maximum atomic E-state index is 4.39. The normalized spacial score (nSPS) is 12.8. The second kappa shape index (κ2) is 5.93. The fourth-order valence-electron chi connectivity index (χ4n) is 1.66. The Morgan fingerprint density at radius 3 is 3.06 bits per heavy atom. The number of nitrogens with one attached hydrogen (secondary N) is 1. The number of rotatable bonds is 6. The maximum absolute atomic E-state index is 4.39. The summed E-state index contributed by atoms with van der Waals surface area (Å²) in [5.41, 5.74) is 0. The fraction of sp³-hybridized carbons (Fsp3) is 0.500. The first-order valence-corrected chi connectivity index (χ1v) is 6.69. The van der Waals surface area contributed by atoms with E-state index in [0.29, 0.717) is 6.04 Å². The average molecular weight is 250 g/mol. The van der Waals surface area contributed by atoms with E-state index in [0.717, 1.165) is 19.5 Å². The zero-order chi connectivity index (χ0) is 12.1. The lowest BCUT2D eigenvalue weighted by Crippen LogP contribution is -2.20. The van der Waals surface area contributed by atoms with E-state index in [1.54, 1.807) is 11.3 Å². The molecule has 0 fully saturated rings. The molecule has 0 aliphatic rings. The molecule has 2 aromatic rings. The van der Waals surface area contributed by atoms with Gasteiger partial charge in [0.25, 0.3) is 0 Å². The van der Waals surface area contributed by atoms with Gasteiger partial charge in [-0.05, 0) is 26.8 Å². The minimum Gasteiger partial charge on any atom is -0.337 e. The minimum absolute atomic E-state index is 0.344. The Kier molecular flexibility index (Phi) is 4.28. The molecule has 0 amide bonds. The molecule has 2 heterocycles. The summed E-state index contributed by atoms with van der Waals surface area (Å²) in [4.78, 5) is 9.68. The Labute approximate surface area is 106 Å². The van der Waals surface area contributed by atoms with Crippen LogP contribution in [0.15, 0.2) is 24.9 Å². The lowest BCUT2D eigenvalue weighted by molar-refractivity contribution is 0.525. The van der Waals surface area contributed by atoms with Crippen LogP contribution >= 0.6 is 11.3 Å². The van der Waals surface area contributed by atoms with Gasteiger partial charge in [-0.1, -0.05) is 0 Å². The fourth-order valence-corrected chi connectivity index (χ4v) is 2.46. The van der Waals surface area contributed by atoms with Gasteiger partial charge in [0, 0.05) is 30.0 Å². The third kappa shape index (κ3) is 3.64. The summed E-state index contributed by atoms with van der Waals surface area (Å²) < 4.78 is 2.10. The molecule has 0 spiro atoms. The van der Waals surface area contributed by atoms with Crippen molar-refractivity contribution in [3.8, 4) is 0 Å². The highest BCUT2D eigenvalue weighted by atomic mass is 32.1. The van der Waals surface area contributed by atoms with Crippen molar-refractivity contribution in [1.29, 1.82) is 0 Å². The predicted octanol–water partition coefficient (Wildman–Crippen LogP) is 2.39. The molecule has 1 unspecified atom stereocenters. The van der Waals surface area contributed by atoms with Crippen LogP contribution in [0.5, 0.6) is 0 Å². The zero-order valence-electron chi connectivity index (χ0n) is 10.3. The van der Waals surface area contributed by atoms with Gasteiger partial charge in [-0.3, -0.25) is 0 Å². The standard InChI is InChI=1S/C12H18N4S/c1-10-8-15-12(17-10)11(2)14-4-3-6-16-7-5-13-9-16/h5,7-9,11,14H,3-4,6H2,1-2H3. The van der Waals surface area contributed by atoms with Crippen LogP contribution in [0.25, 0.3) is 0 Å². The van der Waals surface area contributed by atoms with Gasteiger partial charge in [-0.2, -0.15) is 0 Å². The quantitative estimate of drug-likeness (QED) is 0.800. The van der Waals surface area contributed by atoms with Gasteiger partial charge in [0.15, 0.2) is 0 Å². The lowest BCUT2D eigenvalue weighted by atomic mass is 10.3. The van der Waals surface area contributed by atoms with E-state index < -0.39 is 0 Å². The number of aromatic nitrogens is 3. The van der Waals surface area contributed by atoms with Gasteiger partial charge in [-0.25, -0.2) is 9.97 Å². The van der Waals surface area contributed by atoms with Gasteiger partial charge in [0.2, 0.25) is 0 Å². The third-order valence-corrected chi connectivity index (χ3v) is 3.71. The van der Waals surface area contributed by atoms with E-state index in [1.807, 2.05) is 24.9 Å². The molecule has 2 rings (SSSR count). The van der Waals surface area contributed by atoms with Crippen molar-refractivity contribution < 1.29 is 0 Å². The summed E-state index contributed by atoms with van der Waals surface area (Å²) >= 11 is 1.76. The highest BCUT2D eigenvalue weighted by Crippen LogP contribution is 2.18.